The molecule has 0 radical (unpaired) electrons. The summed E-state index contributed by atoms with van der Waals surface area (Å²) in [6.07, 6.45) is 12.5. The SMILES string of the molecule is O=C(c1cc(-c2ccc(C3CCCCC3)cc2)on1)N1CCCCCCC1. The Hall–Kier alpha value is -2.10. The second-order valence-electron chi connectivity index (χ2n) is 8.09. The second kappa shape index (κ2) is 8.73. The maximum absolute atomic E-state index is 12.8. The van der Waals surface area contributed by atoms with Gasteiger partial charge in [-0.1, -0.05) is 67.9 Å². The van der Waals surface area contributed by atoms with Crippen LogP contribution in [0, 0.1) is 0 Å². The molecule has 4 nitrogen and oxygen atoms in total. The monoisotopic (exact) mass is 366 g/mol. The van der Waals surface area contributed by atoms with Crippen molar-refractivity contribution < 1.29 is 9.32 Å². The summed E-state index contributed by atoms with van der Waals surface area (Å²) in [6.45, 7) is 1.66. The highest BCUT2D eigenvalue weighted by molar-refractivity contribution is 5.93. The van der Waals surface area contributed by atoms with Crippen LogP contribution in [0.1, 0.15) is 86.2 Å². The fourth-order valence-electron chi connectivity index (χ4n) is 4.48. The molecule has 1 aliphatic carbocycles. The van der Waals surface area contributed by atoms with Crippen molar-refractivity contribution in [2.24, 2.45) is 0 Å². The zero-order valence-corrected chi connectivity index (χ0v) is 16.2. The van der Waals surface area contributed by atoms with Gasteiger partial charge < -0.3 is 9.42 Å². The van der Waals surface area contributed by atoms with E-state index in [0.29, 0.717) is 17.4 Å². The van der Waals surface area contributed by atoms with Crippen LogP contribution in [0.15, 0.2) is 34.9 Å². The van der Waals surface area contributed by atoms with E-state index in [1.807, 2.05) is 4.90 Å². The van der Waals surface area contributed by atoms with Crippen LogP contribution in [0.3, 0.4) is 0 Å². The third-order valence-corrected chi connectivity index (χ3v) is 6.14. The van der Waals surface area contributed by atoms with Gasteiger partial charge in [-0.3, -0.25) is 4.79 Å². The minimum absolute atomic E-state index is 0.00530. The molecule has 27 heavy (non-hydrogen) atoms. The summed E-state index contributed by atoms with van der Waals surface area (Å²) < 4.78 is 5.51. The van der Waals surface area contributed by atoms with Crippen LogP contribution in [0.2, 0.25) is 0 Å². The fourth-order valence-corrected chi connectivity index (χ4v) is 4.48. The van der Waals surface area contributed by atoms with Crippen LogP contribution < -0.4 is 0 Å². The lowest BCUT2D eigenvalue weighted by Crippen LogP contribution is -2.33. The standard InChI is InChI=1S/C23H30N2O2/c26-23(25-15-7-2-1-3-8-16-25)21-17-22(27-24-21)20-13-11-19(12-14-20)18-9-5-4-6-10-18/h11-14,17-18H,1-10,15-16H2. The first-order valence-electron chi connectivity index (χ1n) is 10.7. The Morgan fingerprint density at radius 1 is 0.889 bits per heavy atom. The number of hydrogen-bond acceptors (Lipinski definition) is 3. The van der Waals surface area contributed by atoms with Gasteiger partial charge in [0, 0.05) is 24.7 Å². The van der Waals surface area contributed by atoms with Crippen LogP contribution >= 0.6 is 0 Å². The molecule has 4 rings (SSSR count). The smallest absolute Gasteiger partial charge is 0.276 e. The zero-order valence-electron chi connectivity index (χ0n) is 16.2. The number of benzene rings is 1. The minimum Gasteiger partial charge on any atom is -0.355 e. The molecule has 0 spiro atoms. The first-order valence-corrected chi connectivity index (χ1v) is 10.7. The van der Waals surface area contributed by atoms with E-state index in [-0.39, 0.29) is 5.91 Å². The number of carbonyl (C=O) groups is 1. The molecule has 0 atom stereocenters. The van der Waals surface area contributed by atoms with Crippen LogP contribution in [0.5, 0.6) is 0 Å². The predicted molar refractivity (Wildman–Crippen MR) is 107 cm³/mol. The Kier molecular flexibility index (Phi) is 5.90. The van der Waals surface area contributed by atoms with Crippen LogP contribution in [-0.4, -0.2) is 29.1 Å². The van der Waals surface area contributed by atoms with Gasteiger partial charge in [0.15, 0.2) is 11.5 Å². The highest BCUT2D eigenvalue weighted by Crippen LogP contribution is 2.33. The Morgan fingerprint density at radius 2 is 1.52 bits per heavy atom. The van der Waals surface area contributed by atoms with E-state index in [1.54, 1.807) is 6.07 Å². The summed E-state index contributed by atoms with van der Waals surface area (Å²) in [7, 11) is 0. The average molecular weight is 367 g/mol. The topological polar surface area (TPSA) is 46.3 Å². The minimum atomic E-state index is 0.00530. The molecule has 2 heterocycles. The van der Waals surface area contributed by atoms with E-state index in [0.717, 1.165) is 31.5 Å². The van der Waals surface area contributed by atoms with Crippen LogP contribution in [0.4, 0.5) is 0 Å². The van der Waals surface area contributed by atoms with E-state index in [2.05, 4.69) is 29.4 Å². The van der Waals surface area contributed by atoms with E-state index in [9.17, 15) is 4.79 Å². The molecule has 2 aromatic rings. The lowest BCUT2D eigenvalue weighted by molar-refractivity contribution is 0.0732. The molecule has 2 fully saturated rings. The summed E-state index contributed by atoms with van der Waals surface area (Å²) >= 11 is 0. The third kappa shape index (κ3) is 4.42. The molecular weight excluding hydrogens is 336 g/mol. The third-order valence-electron chi connectivity index (χ3n) is 6.14. The van der Waals surface area contributed by atoms with Gasteiger partial charge in [0.2, 0.25) is 0 Å². The van der Waals surface area contributed by atoms with Gasteiger partial charge in [0.25, 0.3) is 5.91 Å². The van der Waals surface area contributed by atoms with Crippen LogP contribution in [0.25, 0.3) is 11.3 Å². The zero-order chi connectivity index (χ0) is 18.5. The molecule has 4 heteroatoms. The van der Waals surface area contributed by atoms with Gasteiger partial charge >= 0.3 is 0 Å². The molecule has 1 aromatic carbocycles. The van der Waals surface area contributed by atoms with Crippen molar-refractivity contribution in [2.75, 3.05) is 13.1 Å². The van der Waals surface area contributed by atoms with E-state index in [1.165, 1.54) is 56.9 Å². The molecule has 1 saturated carbocycles. The molecule has 1 aliphatic heterocycles. The van der Waals surface area contributed by atoms with Gasteiger partial charge in [-0.15, -0.1) is 0 Å². The summed E-state index contributed by atoms with van der Waals surface area (Å²) in [5.41, 5.74) is 2.85. The van der Waals surface area contributed by atoms with Crippen molar-refractivity contribution in [3.05, 3.63) is 41.6 Å². The first kappa shape index (κ1) is 18.3. The van der Waals surface area contributed by atoms with Crippen molar-refractivity contribution in [3.63, 3.8) is 0 Å². The fraction of sp³-hybridized carbons (Fsp3) is 0.565. The highest BCUT2D eigenvalue weighted by atomic mass is 16.5. The van der Waals surface area contributed by atoms with Gasteiger partial charge in [0.05, 0.1) is 0 Å². The molecular formula is C23H30N2O2. The normalized spacial score (nSPS) is 19.5. The average Bonchev–Trinajstić information content (AvgIpc) is 3.18. The first-order chi connectivity index (χ1) is 13.3. The highest BCUT2D eigenvalue weighted by Gasteiger charge is 2.21. The maximum atomic E-state index is 12.8. The lowest BCUT2D eigenvalue weighted by atomic mass is 9.84. The predicted octanol–water partition coefficient (Wildman–Crippen LogP) is 5.80. The molecule has 2 aliphatic rings. The van der Waals surface area contributed by atoms with Gasteiger partial charge in [-0.2, -0.15) is 0 Å². The number of amides is 1. The largest absolute Gasteiger partial charge is 0.355 e. The Balaban J connectivity index is 1.44. The Morgan fingerprint density at radius 3 is 2.22 bits per heavy atom. The maximum Gasteiger partial charge on any atom is 0.276 e. The van der Waals surface area contributed by atoms with Crippen molar-refractivity contribution in [1.82, 2.24) is 10.1 Å². The van der Waals surface area contributed by atoms with E-state index < -0.39 is 0 Å². The number of likely N-dealkylation sites (tertiary alicyclic amines) is 1. The van der Waals surface area contributed by atoms with Crippen molar-refractivity contribution in [2.45, 2.75) is 70.1 Å². The molecule has 0 bridgehead atoms. The van der Waals surface area contributed by atoms with Gasteiger partial charge in [-0.25, -0.2) is 0 Å². The summed E-state index contributed by atoms with van der Waals surface area (Å²) in [5.74, 6) is 1.39. The number of aromatic nitrogens is 1. The van der Waals surface area contributed by atoms with Crippen molar-refractivity contribution in [3.8, 4) is 11.3 Å². The van der Waals surface area contributed by atoms with Crippen LogP contribution in [-0.2, 0) is 0 Å². The number of carbonyl (C=O) groups excluding carboxylic acids is 1. The molecule has 1 amide bonds. The Bertz CT molecular complexity index is 736. The van der Waals surface area contributed by atoms with Crippen molar-refractivity contribution in [1.29, 1.82) is 0 Å². The Labute approximate surface area is 161 Å². The number of hydrogen-bond donors (Lipinski definition) is 0. The van der Waals surface area contributed by atoms with Gasteiger partial charge in [-0.05, 0) is 37.2 Å². The summed E-state index contributed by atoms with van der Waals surface area (Å²) in [4.78, 5) is 14.7. The number of rotatable bonds is 3. The van der Waals surface area contributed by atoms with Gasteiger partial charge in [0.1, 0.15) is 0 Å². The molecule has 144 valence electrons. The second-order valence-corrected chi connectivity index (χ2v) is 8.09. The summed E-state index contributed by atoms with van der Waals surface area (Å²) in [5, 5.41) is 4.07. The van der Waals surface area contributed by atoms with Crippen molar-refractivity contribution >= 4 is 5.91 Å². The molecule has 1 saturated heterocycles. The molecule has 0 unspecified atom stereocenters. The molecule has 0 N–H and O–H groups in total. The number of nitrogens with zero attached hydrogens (tertiary/aromatic N) is 2. The summed E-state index contributed by atoms with van der Waals surface area (Å²) in [6, 6.07) is 10.4. The quantitative estimate of drug-likeness (QED) is 0.690. The molecule has 1 aromatic heterocycles. The van der Waals surface area contributed by atoms with E-state index in [4.69, 9.17) is 4.52 Å². The van der Waals surface area contributed by atoms with E-state index >= 15 is 0 Å². The lowest BCUT2D eigenvalue weighted by Gasteiger charge is -2.23.